The average molecular weight is 1710 g/mol. The van der Waals surface area contributed by atoms with Crippen LogP contribution in [0.4, 0.5) is 5.69 Å². The van der Waals surface area contributed by atoms with E-state index in [9.17, 15) is 126 Å². The number of esters is 1. The highest BCUT2D eigenvalue weighted by Crippen LogP contribution is 2.22. The van der Waals surface area contributed by atoms with Crippen LogP contribution in [0.2, 0.25) is 0 Å². The van der Waals surface area contributed by atoms with Gasteiger partial charge in [0, 0.05) is 47.6 Å². The number of anilines is 1. The van der Waals surface area contributed by atoms with E-state index in [-0.39, 0.29) is 37.1 Å². The first-order chi connectivity index (χ1) is 57.1. The Morgan fingerprint density at radius 1 is 0.529 bits per heavy atom. The van der Waals surface area contributed by atoms with E-state index in [4.69, 9.17) is 27.7 Å². The molecule has 0 bridgehead atoms. The number of aliphatic hydroxyl groups is 1. The summed E-state index contributed by atoms with van der Waals surface area (Å²) in [7, 11) is 0. The van der Waals surface area contributed by atoms with E-state index in [1.54, 1.807) is 30.5 Å². The van der Waals surface area contributed by atoms with Gasteiger partial charge in [0.1, 0.15) is 72.6 Å². The summed E-state index contributed by atoms with van der Waals surface area (Å²) < 4.78 is 5.69. The summed E-state index contributed by atoms with van der Waals surface area (Å²) >= 11 is 0. The third-order valence-electron chi connectivity index (χ3n) is 19.2. The van der Waals surface area contributed by atoms with Gasteiger partial charge in [-0.25, -0.2) is 4.79 Å². The Morgan fingerprint density at radius 3 is 1.62 bits per heavy atom. The van der Waals surface area contributed by atoms with Gasteiger partial charge in [0.25, 0.3) is 0 Å². The number of ether oxygens (including phenoxy) is 1. The molecule has 15 amide bonds. The van der Waals surface area contributed by atoms with Crippen LogP contribution in [0.3, 0.4) is 0 Å². The summed E-state index contributed by atoms with van der Waals surface area (Å²) in [5.41, 5.74) is 23.4. The van der Waals surface area contributed by atoms with Crippen molar-refractivity contribution in [2.75, 3.05) is 32.0 Å². The summed E-state index contributed by atoms with van der Waals surface area (Å²) in [5.74, 6) is -31.6. The Labute approximate surface area is 692 Å². The van der Waals surface area contributed by atoms with Crippen LogP contribution in [0.1, 0.15) is 159 Å². The minimum absolute atomic E-state index is 0.0292. The van der Waals surface area contributed by atoms with Gasteiger partial charge < -0.3 is 127 Å². The number of aromatic amines is 1. The fourth-order valence-corrected chi connectivity index (χ4v) is 12.5. The number of aliphatic carboxylic acids is 4. The molecule has 2 aromatic carbocycles. The molecule has 0 aliphatic carbocycles. The minimum Gasteiger partial charge on any atom is -0.481 e. The zero-order chi connectivity index (χ0) is 90.3. The molecule has 664 valence electrons. The number of aliphatic hydroxyl groups excluding tert-OH is 1. The normalized spacial score (nSPS) is 21.0. The quantitative estimate of drug-likeness (QED) is 0.0110. The van der Waals surface area contributed by atoms with E-state index in [1.165, 1.54) is 24.3 Å². The van der Waals surface area contributed by atoms with Crippen molar-refractivity contribution < 1.29 is 131 Å². The number of hydrogen-bond donors (Lipinski definition) is 23. The summed E-state index contributed by atoms with van der Waals surface area (Å²) in [4.78, 5) is 290. The minimum atomic E-state index is -2.48. The number of nitrogens with one attached hydrogen (secondary N) is 14. The van der Waals surface area contributed by atoms with E-state index < -0.39 is 274 Å². The molecule has 0 saturated carbocycles. The van der Waals surface area contributed by atoms with Crippen LogP contribution in [-0.4, -0.2) is 254 Å². The predicted octanol–water partition coefficient (Wildman–Crippen LogP) is -5.74. The number of primary amides is 2. The summed E-state index contributed by atoms with van der Waals surface area (Å²) in [6, 6.07) is -11.6. The number of Topliss-reactive ketones (excluding diaryl/α,β-unsaturated/α-hetero) is 1. The number of H-pyrrole nitrogens is 1. The molecule has 14 atom stereocenters. The van der Waals surface area contributed by atoms with Crippen LogP contribution in [-0.2, 0) is 107 Å². The molecule has 45 heteroatoms. The number of carbonyl (C=O) groups excluding carboxylic acids is 17. The molecule has 2 heterocycles. The van der Waals surface area contributed by atoms with Gasteiger partial charge in [-0.3, -0.25) is 95.9 Å². The highest BCUT2D eigenvalue weighted by atomic mass is 16.5. The standard InChI is InChI=1S/C76H108N18O27/c1-5-37(2)17-10-8-6-7-9-11-23-57(99)85-46(26-40-33-81-44-21-15-13-18-41(40)44)68(112)87-48(29-56(80)98)70(114)91-51(32-63(108)109)72(116)94-65-39(4)121-76(120)52(27-54(96)42-19-12-14-20-43(42)78)92-75(119)64(38(3)25-60(102)103)93-73(117)53(36-95)86-59(101)34-82-66(110)49(30-61(104)105)89-69(113)47(28-55(79)97)88-71(115)50(31-62(106)107)90-67(111)45(22-16-24-77)84-58(100)35-83-74(65)118/h12-15,18-21,33,37-39,45-53,64-65,81,95H,5-11,16-17,22-32,34-36,77-78H2,1-4H3,(H2,79,97)(H2,80,98)(H,82,110)(H,83,118)(H,84,100)(H,85,99)(H,86,101)(H,87,112)(H,88,115)(H,89,113)(H,90,111)(H,91,114)(H,92,119)(H,93,117)(H,94,116)(H,102,103)(H,104,105)(H,106,107)(H,108,109). The molecule has 1 aliphatic heterocycles. The molecule has 14 unspecified atom stereocenters. The second kappa shape index (κ2) is 50.5. The lowest BCUT2D eigenvalue weighted by molar-refractivity contribution is -0.156. The maximum absolute atomic E-state index is 14.9. The molecule has 1 saturated heterocycles. The van der Waals surface area contributed by atoms with Crippen LogP contribution in [0, 0.1) is 11.8 Å². The molecular weight excluding hydrogens is 1600 g/mol. The number of rotatable bonds is 39. The molecular formula is C76H108N18O27. The molecule has 1 aliphatic rings. The van der Waals surface area contributed by atoms with Crippen LogP contribution >= 0.6 is 0 Å². The van der Waals surface area contributed by atoms with Gasteiger partial charge in [-0.2, -0.15) is 0 Å². The number of carbonyl (C=O) groups is 21. The number of amides is 15. The van der Waals surface area contributed by atoms with Crippen molar-refractivity contribution in [3.8, 4) is 0 Å². The number of para-hydroxylation sites is 2. The second-order valence-corrected chi connectivity index (χ2v) is 29.1. The Hall–Kier alpha value is -13.2. The van der Waals surface area contributed by atoms with Gasteiger partial charge in [-0.15, -0.1) is 0 Å². The fraction of sp³-hybridized carbons (Fsp3) is 0.539. The van der Waals surface area contributed by atoms with Gasteiger partial charge in [0.2, 0.25) is 88.6 Å². The number of unbranched alkanes of at least 4 members (excludes halogenated alkanes) is 5. The SMILES string of the molecule is CCC(C)CCCCCCCCC(=O)NC(Cc1c[nH]c2ccccc12)C(=O)NC(CC(N)=O)C(=O)NC(CC(=O)O)C(=O)NC1C(=O)NCC(=O)NC(CCCN)C(=O)NC(CC(=O)O)C(=O)NC(CC(N)=O)C(=O)NC(CC(=O)O)C(=O)NCC(=O)NC(CO)C(=O)NC(C(C)CC(=O)O)C(=O)NC(CC(=O)c2ccccc2N)C(=O)OC1C. The van der Waals surface area contributed by atoms with Crippen molar-refractivity contribution >= 4 is 141 Å². The number of cyclic esters (lactones) is 1. The summed E-state index contributed by atoms with van der Waals surface area (Å²) in [6.45, 7) is 2.15. The first-order valence-electron chi connectivity index (χ1n) is 38.9. The lowest BCUT2D eigenvalue weighted by Crippen LogP contribution is -2.62. The van der Waals surface area contributed by atoms with E-state index in [0.717, 1.165) is 52.4 Å². The smallest absolute Gasteiger partial charge is 0.329 e. The first-order valence-corrected chi connectivity index (χ1v) is 38.9. The van der Waals surface area contributed by atoms with E-state index >= 15 is 0 Å². The molecule has 0 spiro atoms. The van der Waals surface area contributed by atoms with Gasteiger partial charge >= 0.3 is 29.8 Å². The molecule has 1 aromatic heterocycles. The Bertz CT molecular complexity index is 4250. The molecule has 3 aromatic rings. The van der Waals surface area contributed by atoms with Crippen LogP contribution in [0.25, 0.3) is 10.9 Å². The van der Waals surface area contributed by atoms with Crippen LogP contribution in [0.15, 0.2) is 54.7 Å². The Balaban J connectivity index is 1.88. The third kappa shape index (κ3) is 35.1. The number of hydrogen-bond acceptors (Lipinski definition) is 25. The maximum atomic E-state index is 14.9. The lowest BCUT2D eigenvalue weighted by Gasteiger charge is -2.30. The van der Waals surface area contributed by atoms with Gasteiger partial charge in [0.15, 0.2) is 5.78 Å². The van der Waals surface area contributed by atoms with Crippen LogP contribution in [0.5, 0.6) is 0 Å². The molecule has 0 radical (unpaired) electrons. The van der Waals surface area contributed by atoms with Crippen molar-refractivity contribution in [3.63, 3.8) is 0 Å². The average Bonchev–Trinajstić information content (AvgIpc) is 1.74. The van der Waals surface area contributed by atoms with Gasteiger partial charge in [0.05, 0.1) is 58.2 Å². The zero-order valence-electron chi connectivity index (χ0n) is 67.1. The van der Waals surface area contributed by atoms with E-state index in [1.807, 2.05) is 21.3 Å². The van der Waals surface area contributed by atoms with E-state index in [2.05, 4.69) is 66.7 Å². The monoisotopic (exact) mass is 1700 g/mol. The highest BCUT2D eigenvalue weighted by molar-refractivity contribution is 6.05. The largest absolute Gasteiger partial charge is 0.481 e. The van der Waals surface area contributed by atoms with Gasteiger partial charge in [-0.1, -0.05) is 96.0 Å². The number of ketones is 1. The molecule has 4 rings (SSSR count). The number of fused-ring (bicyclic) bond motifs is 1. The molecule has 45 nitrogen and oxygen atoms in total. The molecule has 1 fully saturated rings. The predicted molar refractivity (Wildman–Crippen MR) is 422 cm³/mol. The Kier molecular flexibility index (Phi) is 41.8. The van der Waals surface area contributed by atoms with Crippen molar-refractivity contribution in [2.45, 2.75) is 222 Å². The Morgan fingerprint density at radius 2 is 1.05 bits per heavy atom. The molecule has 121 heavy (non-hydrogen) atoms. The van der Waals surface area contributed by atoms with E-state index in [0.29, 0.717) is 35.2 Å². The number of benzene rings is 2. The van der Waals surface area contributed by atoms with Crippen LogP contribution < -0.4 is 92.1 Å². The third-order valence-corrected chi connectivity index (χ3v) is 19.2. The highest BCUT2D eigenvalue weighted by Gasteiger charge is 2.42. The first kappa shape index (κ1) is 100. The number of carboxylic acid groups (broad SMARTS) is 4. The zero-order valence-corrected chi connectivity index (χ0v) is 67.1. The topological polar surface area (TPSA) is 745 Å². The maximum Gasteiger partial charge on any atom is 0.329 e. The number of carboxylic acids is 4. The summed E-state index contributed by atoms with van der Waals surface area (Å²) in [6.07, 6.45) is -2.85. The van der Waals surface area contributed by atoms with Crippen molar-refractivity contribution in [2.24, 2.45) is 29.0 Å². The lowest BCUT2D eigenvalue weighted by atomic mass is 9.96. The second-order valence-electron chi connectivity index (χ2n) is 29.1. The number of aromatic nitrogens is 1. The number of nitrogens with two attached hydrogens (primary N) is 4. The molecule has 27 N–H and O–H groups in total. The van der Waals surface area contributed by atoms with Crippen molar-refractivity contribution in [3.05, 3.63) is 65.9 Å². The number of nitrogen functional groups attached to an aromatic ring is 1. The summed E-state index contributed by atoms with van der Waals surface area (Å²) in [5, 5.41) is 78.5. The fourth-order valence-electron chi connectivity index (χ4n) is 12.5. The van der Waals surface area contributed by atoms with Gasteiger partial charge in [-0.05, 0) is 68.3 Å². The van der Waals surface area contributed by atoms with Crippen molar-refractivity contribution in [1.82, 2.24) is 74.1 Å². The van der Waals surface area contributed by atoms with Crippen molar-refractivity contribution in [1.29, 1.82) is 0 Å².